The van der Waals surface area contributed by atoms with Crippen molar-refractivity contribution >= 4 is 22.7 Å². The van der Waals surface area contributed by atoms with Crippen molar-refractivity contribution < 1.29 is 13.2 Å². The molecule has 0 radical (unpaired) electrons. The third-order valence-electron chi connectivity index (χ3n) is 3.24. The fraction of sp³-hybridized carbons (Fsp3) is 0.118. The summed E-state index contributed by atoms with van der Waals surface area (Å²) in [6.07, 6.45) is -2.58. The molecule has 0 unspecified atom stereocenters. The van der Waals surface area contributed by atoms with E-state index in [9.17, 15) is 13.2 Å². The van der Waals surface area contributed by atoms with Gasteiger partial charge >= 0.3 is 6.18 Å². The third kappa shape index (κ3) is 3.25. The Labute approximate surface area is 130 Å². The van der Waals surface area contributed by atoms with E-state index in [2.05, 4.69) is 4.98 Å². The molecular weight excluding hydrogens is 307 g/mol. The molecule has 0 saturated carbocycles. The van der Waals surface area contributed by atoms with E-state index in [1.807, 2.05) is 30.3 Å². The van der Waals surface area contributed by atoms with Gasteiger partial charge in [0.15, 0.2) is 0 Å². The van der Waals surface area contributed by atoms with E-state index in [0.29, 0.717) is 11.3 Å². The number of benzene rings is 2. The van der Waals surface area contributed by atoms with E-state index in [1.165, 1.54) is 23.9 Å². The van der Waals surface area contributed by atoms with E-state index in [4.69, 9.17) is 0 Å². The van der Waals surface area contributed by atoms with Gasteiger partial charge in [-0.3, -0.25) is 4.98 Å². The molecule has 22 heavy (non-hydrogen) atoms. The summed E-state index contributed by atoms with van der Waals surface area (Å²) in [6.45, 7) is 0. The number of para-hydroxylation sites is 1. The first-order valence-electron chi connectivity index (χ1n) is 6.67. The van der Waals surface area contributed by atoms with Crippen LogP contribution in [0.1, 0.15) is 11.1 Å². The predicted molar refractivity (Wildman–Crippen MR) is 82.7 cm³/mol. The Balaban J connectivity index is 1.83. The van der Waals surface area contributed by atoms with Crippen LogP contribution in [0.5, 0.6) is 0 Å². The Hall–Kier alpha value is -2.01. The fourth-order valence-electron chi connectivity index (χ4n) is 2.19. The van der Waals surface area contributed by atoms with Crippen LogP contribution in [-0.4, -0.2) is 4.98 Å². The Bertz CT molecular complexity index is 794. The van der Waals surface area contributed by atoms with Crippen LogP contribution in [0.4, 0.5) is 13.2 Å². The minimum atomic E-state index is -4.30. The highest BCUT2D eigenvalue weighted by Gasteiger charge is 2.30. The summed E-state index contributed by atoms with van der Waals surface area (Å²) in [5.41, 5.74) is 0.913. The van der Waals surface area contributed by atoms with Gasteiger partial charge in [0.25, 0.3) is 0 Å². The zero-order valence-corrected chi connectivity index (χ0v) is 12.3. The molecule has 0 aliphatic rings. The first-order valence-corrected chi connectivity index (χ1v) is 7.65. The van der Waals surface area contributed by atoms with Crippen molar-refractivity contribution in [2.24, 2.45) is 0 Å². The molecular formula is C17H12F3NS. The Morgan fingerprint density at radius 2 is 1.73 bits per heavy atom. The maximum Gasteiger partial charge on any atom is 0.416 e. The molecule has 1 aromatic heterocycles. The molecule has 0 fully saturated rings. The van der Waals surface area contributed by atoms with E-state index < -0.39 is 11.7 Å². The second-order valence-electron chi connectivity index (χ2n) is 4.82. The zero-order chi connectivity index (χ0) is 15.6. The van der Waals surface area contributed by atoms with Crippen molar-refractivity contribution in [1.82, 2.24) is 4.98 Å². The summed E-state index contributed by atoms with van der Waals surface area (Å²) >= 11 is 1.49. The van der Waals surface area contributed by atoms with Crippen molar-refractivity contribution in [2.45, 2.75) is 16.8 Å². The molecule has 0 bridgehead atoms. The first-order chi connectivity index (χ1) is 10.5. The second-order valence-corrected chi connectivity index (χ2v) is 5.84. The molecule has 3 rings (SSSR count). The molecule has 112 valence electrons. The van der Waals surface area contributed by atoms with Crippen LogP contribution in [0.25, 0.3) is 10.9 Å². The highest BCUT2D eigenvalue weighted by molar-refractivity contribution is 7.98. The molecule has 2 aromatic carbocycles. The smallest absolute Gasteiger partial charge is 0.255 e. The van der Waals surface area contributed by atoms with Gasteiger partial charge in [0, 0.05) is 22.2 Å². The molecule has 0 atom stereocenters. The van der Waals surface area contributed by atoms with Crippen molar-refractivity contribution in [3.8, 4) is 0 Å². The van der Waals surface area contributed by atoms with Crippen molar-refractivity contribution in [3.05, 3.63) is 71.9 Å². The van der Waals surface area contributed by atoms with Gasteiger partial charge in [-0.15, -0.1) is 11.8 Å². The molecule has 0 spiro atoms. The maximum absolute atomic E-state index is 12.7. The molecule has 0 aliphatic carbocycles. The minimum absolute atomic E-state index is 0.472. The molecule has 0 N–H and O–H groups in total. The monoisotopic (exact) mass is 319 g/mol. The number of hydrogen-bond donors (Lipinski definition) is 0. The van der Waals surface area contributed by atoms with Crippen LogP contribution in [0.3, 0.4) is 0 Å². The van der Waals surface area contributed by atoms with Gasteiger partial charge in [0.2, 0.25) is 0 Å². The highest BCUT2D eigenvalue weighted by atomic mass is 32.2. The lowest BCUT2D eigenvalue weighted by atomic mass is 10.1. The molecule has 1 nitrogen and oxygen atoms in total. The number of nitrogens with zero attached hydrogens (tertiary/aromatic N) is 1. The average Bonchev–Trinajstić information content (AvgIpc) is 2.52. The summed E-state index contributed by atoms with van der Waals surface area (Å²) in [6, 6.07) is 15.1. The lowest BCUT2D eigenvalue weighted by Gasteiger charge is -2.09. The minimum Gasteiger partial charge on any atom is -0.255 e. The van der Waals surface area contributed by atoms with Gasteiger partial charge in [-0.05, 0) is 23.8 Å². The fourth-order valence-corrected chi connectivity index (χ4v) is 3.18. The number of fused-ring (bicyclic) bond motifs is 1. The van der Waals surface area contributed by atoms with Gasteiger partial charge in [0.1, 0.15) is 0 Å². The lowest BCUT2D eigenvalue weighted by Crippen LogP contribution is -2.04. The Morgan fingerprint density at radius 1 is 0.955 bits per heavy atom. The van der Waals surface area contributed by atoms with Gasteiger partial charge < -0.3 is 0 Å². The number of pyridine rings is 1. The topological polar surface area (TPSA) is 12.9 Å². The number of aromatic nitrogens is 1. The van der Waals surface area contributed by atoms with Crippen LogP contribution < -0.4 is 0 Å². The molecule has 1 heterocycles. The SMILES string of the molecule is FC(F)(F)c1cccc(CSc2cccc3cccnc23)c1. The number of rotatable bonds is 3. The van der Waals surface area contributed by atoms with Crippen LogP contribution >= 0.6 is 11.8 Å². The number of thioether (sulfide) groups is 1. The number of hydrogen-bond acceptors (Lipinski definition) is 2. The van der Waals surface area contributed by atoms with Crippen LogP contribution in [-0.2, 0) is 11.9 Å². The Kier molecular flexibility index (Phi) is 4.07. The summed E-state index contributed by atoms with van der Waals surface area (Å²) in [4.78, 5) is 5.32. The van der Waals surface area contributed by atoms with Gasteiger partial charge in [-0.1, -0.05) is 36.4 Å². The van der Waals surface area contributed by atoms with Gasteiger partial charge in [0.05, 0.1) is 11.1 Å². The van der Waals surface area contributed by atoms with Gasteiger partial charge in [-0.2, -0.15) is 13.2 Å². The van der Waals surface area contributed by atoms with E-state index in [0.717, 1.165) is 21.9 Å². The quantitative estimate of drug-likeness (QED) is 0.587. The van der Waals surface area contributed by atoms with Crippen molar-refractivity contribution in [2.75, 3.05) is 0 Å². The third-order valence-corrected chi connectivity index (χ3v) is 4.36. The molecule has 0 saturated heterocycles. The van der Waals surface area contributed by atoms with Crippen molar-refractivity contribution in [3.63, 3.8) is 0 Å². The van der Waals surface area contributed by atoms with Gasteiger partial charge in [-0.25, -0.2) is 0 Å². The standard InChI is InChI=1S/C17H12F3NS/c18-17(19,20)14-7-1-4-12(10-14)11-22-15-8-2-5-13-6-3-9-21-16(13)15/h1-10H,11H2. The normalized spacial score (nSPS) is 11.8. The largest absolute Gasteiger partial charge is 0.416 e. The predicted octanol–water partition coefficient (Wildman–Crippen LogP) is 5.55. The molecule has 0 aliphatic heterocycles. The van der Waals surface area contributed by atoms with E-state index >= 15 is 0 Å². The highest BCUT2D eigenvalue weighted by Crippen LogP contribution is 2.32. The first kappa shape index (κ1) is 14.9. The summed E-state index contributed by atoms with van der Waals surface area (Å²) < 4.78 is 38.2. The van der Waals surface area contributed by atoms with E-state index in [1.54, 1.807) is 12.3 Å². The van der Waals surface area contributed by atoms with Crippen LogP contribution in [0, 0.1) is 0 Å². The lowest BCUT2D eigenvalue weighted by molar-refractivity contribution is -0.137. The van der Waals surface area contributed by atoms with E-state index in [-0.39, 0.29) is 0 Å². The summed E-state index contributed by atoms with van der Waals surface area (Å²) in [5, 5.41) is 1.02. The number of halogens is 3. The maximum atomic E-state index is 12.7. The molecule has 0 amide bonds. The molecule has 5 heteroatoms. The van der Waals surface area contributed by atoms with Crippen LogP contribution in [0.15, 0.2) is 65.7 Å². The average molecular weight is 319 g/mol. The second kappa shape index (κ2) is 6.01. The Morgan fingerprint density at radius 3 is 2.55 bits per heavy atom. The summed E-state index contributed by atoms with van der Waals surface area (Å²) in [5.74, 6) is 0.472. The van der Waals surface area contributed by atoms with Crippen molar-refractivity contribution in [1.29, 1.82) is 0 Å². The molecule has 3 aromatic rings. The van der Waals surface area contributed by atoms with Crippen LogP contribution in [0.2, 0.25) is 0 Å². The number of alkyl halides is 3. The summed E-state index contributed by atoms with van der Waals surface area (Å²) in [7, 11) is 0. The zero-order valence-electron chi connectivity index (χ0n) is 11.5.